The molecule has 1 aliphatic rings. The molecule has 1 N–H and O–H groups in total. The Morgan fingerprint density at radius 2 is 1.96 bits per heavy atom. The third-order valence-electron chi connectivity index (χ3n) is 4.04. The van der Waals surface area contributed by atoms with E-state index in [4.69, 9.17) is 4.74 Å². The molecule has 1 heterocycles. The van der Waals surface area contributed by atoms with Crippen LogP contribution in [0.15, 0.2) is 29.3 Å². The van der Waals surface area contributed by atoms with E-state index in [0.717, 1.165) is 50.6 Å². The van der Waals surface area contributed by atoms with Gasteiger partial charge in [-0.25, -0.2) is 4.99 Å². The maximum Gasteiger partial charge on any atom is 0.269 e. The molecule has 0 unspecified atom stereocenters. The summed E-state index contributed by atoms with van der Waals surface area (Å²) < 4.78 is 5.69. The van der Waals surface area contributed by atoms with Crippen LogP contribution in [0.3, 0.4) is 0 Å². The second kappa shape index (κ2) is 11.2. The van der Waals surface area contributed by atoms with E-state index >= 15 is 0 Å². The number of likely N-dealkylation sites (tertiary alicyclic amines) is 1. The van der Waals surface area contributed by atoms with Crippen molar-refractivity contribution in [2.75, 3.05) is 26.2 Å². The molecule has 1 aromatic rings. The number of benzene rings is 1. The lowest BCUT2D eigenvalue weighted by Crippen LogP contribution is -2.47. The molecule has 1 saturated heterocycles. The molecule has 0 radical (unpaired) electrons. The van der Waals surface area contributed by atoms with E-state index in [1.807, 2.05) is 13.8 Å². The highest BCUT2D eigenvalue weighted by Gasteiger charge is 2.21. The maximum absolute atomic E-state index is 10.7. The number of nitro groups is 1. The fraction of sp³-hybridized carbons (Fsp3) is 0.588. The van der Waals surface area contributed by atoms with E-state index in [1.54, 1.807) is 12.1 Å². The van der Waals surface area contributed by atoms with E-state index in [-0.39, 0.29) is 34.6 Å². The van der Waals surface area contributed by atoms with Crippen molar-refractivity contribution in [2.45, 2.75) is 39.3 Å². The Morgan fingerprint density at radius 1 is 1.32 bits per heavy atom. The van der Waals surface area contributed by atoms with E-state index in [0.29, 0.717) is 12.6 Å². The SMILES string of the molecule is CCNC(=NCc1ccc([N+](=O)[O-])cc1)N1CCC(OCC)CC1.I. The van der Waals surface area contributed by atoms with Gasteiger partial charge in [0.1, 0.15) is 0 Å². The Bertz CT molecular complexity index is 558. The van der Waals surface area contributed by atoms with Gasteiger partial charge in [-0.2, -0.15) is 0 Å². The lowest BCUT2D eigenvalue weighted by molar-refractivity contribution is -0.384. The summed E-state index contributed by atoms with van der Waals surface area (Å²) in [4.78, 5) is 17.2. The standard InChI is InChI=1S/C17H26N4O3.HI/c1-3-18-17(20-11-9-16(10-12-20)24-4-2)19-13-14-5-7-15(8-6-14)21(22)23;/h5-8,16H,3-4,9-13H2,1-2H3,(H,18,19);1H. The summed E-state index contributed by atoms with van der Waals surface area (Å²) in [6, 6.07) is 6.55. The summed E-state index contributed by atoms with van der Waals surface area (Å²) in [6.45, 7) is 8.01. The molecule has 1 aliphatic heterocycles. The van der Waals surface area contributed by atoms with Gasteiger partial charge in [-0.3, -0.25) is 10.1 Å². The highest BCUT2D eigenvalue weighted by atomic mass is 127. The van der Waals surface area contributed by atoms with Gasteiger partial charge in [-0.1, -0.05) is 12.1 Å². The molecule has 0 aliphatic carbocycles. The van der Waals surface area contributed by atoms with Gasteiger partial charge in [-0.05, 0) is 32.3 Å². The second-order valence-electron chi connectivity index (χ2n) is 5.74. The molecule has 25 heavy (non-hydrogen) atoms. The van der Waals surface area contributed by atoms with Crippen molar-refractivity contribution >= 4 is 35.6 Å². The molecule has 0 atom stereocenters. The number of halogens is 1. The van der Waals surface area contributed by atoms with Crippen molar-refractivity contribution in [3.63, 3.8) is 0 Å². The highest BCUT2D eigenvalue weighted by Crippen LogP contribution is 2.15. The van der Waals surface area contributed by atoms with Crippen LogP contribution in [-0.4, -0.2) is 48.1 Å². The first kappa shape index (κ1) is 21.6. The molecule has 0 aromatic heterocycles. The molecule has 2 rings (SSSR count). The number of nitrogens with zero attached hydrogens (tertiary/aromatic N) is 3. The Balaban J connectivity index is 0.00000312. The van der Waals surface area contributed by atoms with Crippen molar-refractivity contribution in [1.82, 2.24) is 10.2 Å². The zero-order valence-electron chi connectivity index (χ0n) is 14.8. The molecule has 1 aromatic carbocycles. The first-order chi connectivity index (χ1) is 11.6. The van der Waals surface area contributed by atoms with Crippen LogP contribution in [0.2, 0.25) is 0 Å². The summed E-state index contributed by atoms with van der Waals surface area (Å²) in [6.07, 6.45) is 2.37. The fourth-order valence-corrected chi connectivity index (χ4v) is 2.79. The quantitative estimate of drug-likeness (QED) is 0.231. The van der Waals surface area contributed by atoms with E-state index in [9.17, 15) is 10.1 Å². The van der Waals surface area contributed by atoms with Gasteiger partial charge in [-0.15, -0.1) is 24.0 Å². The van der Waals surface area contributed by atoms with Gasteiger partial charge >= 0.3 is 0 Å². The number of nitro benzene ring substituents is 1. The van der Waals surface area contributed by atoms with Gasteiger partial charge in [0.2, 0.25) is 0 Å². The lowest BCUT2D eigenvalue weighted by Gasteiger charge is -2.34. The number of piperidine rings is 1. The molecule has 140 valence electrons. The van der Waals surface area contributed by atoms with Gasteiger partial charge in [0.25, 0.3) is 5.69 Å². The summed E-state index contributed by atoms with van der Waals surface area (Å²) in [5.74, 6) is 0.894. The topological polar surface area (TPSA) is 80.0 Å². The van der Waals surface area contributed by atoms with Crippen molar-refractivity contribution in [3.8, 4) is 0 Å². The van der Waals surface area contributed by atoms with Crippen molar-refractivity contribution in [2.24, 2.45) is 4.99 Å². The summed E-state index contributed by atoms with van der Waals surface area (Å²) in [5, 5.41) is 14.0. The molecule has 0 bridgehead atoms. The number of nitrogens with one attached hydrogen (secondary N) is 1. The van der Waals surface area contributed by atoms with Crippen LogP contribution < -0.4 is 5.32 Å². The van der Waals surface area contributed by atoms with Crippen LogP contribution in [0.5, 0.6) is 0 Å². The van der Waals surface area contributed by atoms with Gasteiger partial charge in [0.05, 0.1) is 17.6 Å². The van der Waals surface area contributed by atoms with Crippen LogP contribution >= 0.6 is 24.0 Å². The Labute approximate surface area is 166 Å². The predicted octanol–water partition coefficient (Wildman–Crippen LogP) is 3.18. The average molecular weight is 462 g/mol. The Morgan fingerprint density at radius 3 is 2.48 bits per heavy atom. The number of hydrogen-bond donors (Lipinski definition) is 1. The van der Waals surface area contributed by atoms with Crippen molar-refractivity contribution in [3.05, 3.63) is 39.9 Å². The number of hydrogen-bond acceptors (Lipinski definition) is 4. The molecule has 0 spiro atoms. The molecule has 8 heteroatoms. The number of rotatable bonds is 6. The summed E-state index contributed by atoms with van der Waals surface area (Å²) in [5.41, 5.74) is 1.06. The first-order valence-corrected chi connectivity index (χ1v) is 8.52. The van der Waals surface area contributed by atoms with Crippen LogP contribution in [0, 0.1) is 10.1 Å². The molecule has 1 fully saturated rings. The zero-order valence-corrected chi connectivity index (χ0v) is 17.1. The highest BCUT2D eigenvalue weighted by molar-refractivity contribution is 14.0. The number of aliphatic imine (C=N–C) groups is 1. The van der Waals surface area contributed by atoms with Gasteiger partial charge in [0.15, 0.2) is 5.96 Å². The van der Waals surface area contributed by atoms with E-state index < -0.39 is 0 Å². The third-order valence-corrected chi connectivity index (χ3v) is 4.04. The Hall–Kier alpha value is -1.42. The van der Waals surface area contributed by atoms with Crippen molar-refractivity contribution in [1.29, 1.82) is 0 Å². The normalized spacial score (nSPS) is 15.6. The number of guanidine groups is 1. The zero-order chi connectivity index (χ0) is 17.4. The smallest absolute Gasteiger partial charge is 0.269 e. The largest absolute Gasteiger partial charge is 0.378 e. The predicted molar refractivity (Wildman–Crippen MR) is 110 cm³/mol. The maximum atomic E-state index is 10.7. The van der Waals surface area contributed by atoms with Crippen LogP contribution in [0.1, 0.15) is 32.3 Å². The van der Waals surface area contributed by atoms with Gasteiger partial charge < -0.3 is 15.0 Å². The van der Waals surface area contributed by atoms with Crippen LogP contribution in [0.4, 0.5) is 5.69 Å². The monoisotopic (exact) mass is 462 g/mol. The fourth-order valence-electron chi connectivity index (χ4n) is 2.79. The molecule has 7 nitrogen and oxygen atoms in total. The van der Waals surface area contributed by atoms with Gasteiger partial charge in [0, 0.05) is 38.4 Å². The minimum Gasteiger partial charge on any atom is -0.378 e. The lowest BCUT2D eigenvalue weighted by atomic mass is 10.1. The Kier molecular flexibility index (Phi) is 9.73. The first-order valence-electron chi connectivity index (χ1n) is 8.52. The molecule has 0 saturated carbocycles. The van der Waals surface area contributed by atoms with E-state index in [2.05, 4.69) is 15.2 Å². The summed E-state index contributed by atoms with van der Waals surface area (Å²) >= 11 is 0. The molecular weight excluding hydrogens is 435 g/mol. The average Bonchev–Trinajstić information content (AvgIpc) is 2.60. The van der Waals surface area contributed by atoms with Crippen LogP contribution in [0.25, 0.3) is 0 Å². The second-order valence-corrected chi connectivity index (χ2v) is 5.74. The van der Waals surface area contributed by atoms with Crippen LogP contribution in [-0.2, 0) is 11.3 Å². The number of non-ortho nitro benzene ring substituents is 1. The van der Waals surface area contributed by atoms with E-state index in [1.165, 1.54) is 12.1 Å². The number of ether oxygens (including phenoxy) is 1. The van der Waals surface area contributed by atoms with Crippen molar-refractivity contribution < 1.29 is 9.66 Å². The third kappa shape index (κ3) is 6.77. The minimum absolute atomic E-state index is 0. The summed E-state index contributed by atoms with van der Waals surface area (Å²) in [7, 11) is 0. The molecule has 0 amide bonds. The minimum atomic E-state index is -0.389. The molecular formula is C17H27IN4O3.